The largest absolute Gasteiger partial charge is 0.486 e. The van der Waals surface area contributed by atoms with E-state index in [-0.39, 0.29) is 48.5 Å². The number of nitrogens with one attached hydrogen (secondary N) is 1. The third kappa shape index (κ3) is 4.21. The Bertz CT molecular complexity index is 1010. The number of ketones is 1. The van der Waals surface area contributed by atoms with Crippen molar-refractivity contribution >= 4 is 27.4 Å². The van der Waals surface area contributed by atoms with Crippen LogP contribution in [-0.4, -0.2) is 66.7 Å². The van der Waals surface area contributed by atoms with E-state index in [0.29, 0.717) is 37.1 Å². The van der Waals surface area contributed by atoms with E-state index in [1.807, 2.05) is 6.07 Å². The molecule has 1 spiro atoms. The number of fused-ring (bicyclic) bond motifs is 1. The molecule has 162 valence electrons. The number of carbonyl (C=O) groups excluding carboxylic acids is 3. The minimum atomic E-state index is -3.14. The fraction of sp³-hybridized carbons (Fsp3) is 0.571. The molecule has 1 aromatic rings. The van der Waals surface area contributed by atoms with Crippen LogP contribution in [0.4, 0.5) is 0 Å². The summed E-state index contributed by atoms with van der Waals surface area (Å²) in [4.78, 5) is 39.3. The summed E-state index contributed by atoms with van der Waals surface area (Å²) in [5.74, 6) is -0.0143. The summed E-state index contributed by atoms with van der Waals surface area (Å²) in [7, 11) is -3.14. The molecule has 0 radical (unpaired) electrons. The highest BCUT2D eigenvalue weighted by Crippen LogP contribution is 2.39. The Morgan fingerprint density at radius 3 is 2.70 bits per heavy atom. The van der Waals surface area contributed by atoms with Gasteiger partial charge in [-0.05, 0) is 31.9 Å². The predicted octanol–water partition coefficient (Wildman–Crippen LogP) is 1.10. The van der Waals surface area contributed by atoms with Crippen molar-refractivity contribution in [3.05, 3.63) is 29.8 Å². The van der Waals surface area contributed by atoms with Gasteiger partial charge in [0.2, 0.25) is 11.8 Å². The van der Waals surface area contributed by atoms with Crippen LogP contribution in [0.1, 0.15) is 49.4 Å². The predicted molar refractivity (Wildman–Crippen MR) is 109 cm³/mol. The van der Waals surface area contributed by atoms with E-state index in [2.05, 4.69) is 5.32 Å². The van der Waals surface area contributed by atoms with Gasteiger partial charge in [-0.3, -0.25) is 14.4 Å². The molecule has 2 saturated heterocycles. The molecular formula is C21H26N2O6S. The minimum absolute atomic E-state index is 0.00543. The average Bonchev–Trinajstić information content (AvgIpc) is 2.87. The third-order valence-electron chi connectivity index (χ3n) is 6.26. The van der Waals surface area contributed by atoms with E-state index in [1.54, 1.807) is 25.1 Å². The lowest BCUT2D eigenvalue weighted by atomic mass is 9.84. The van der Waals surface area contributed by atoms with E-state index in [0.717, 1.165) is 0 Å². The number of likely N-dealkylation sites (tertiary alicyclic amines) is 1. The molecule has 3 aliphatic rings. The van der Waals surface area contributed by atoms with Crippen molar-refractivity contribution in [2.45, 2.75) is 50.2 Å². The quantitative estimate of drug-likeness (QED) is 0.763. The number of benzene rings is 1. The van der Waals surface area contributed by atoms with Crippen molar-refractivity contribution in [2.75, 3.05) is 24.6 Å². The van der Waals surface area contributed by atoms with Crippen LogP contribution in [0.25, 0.3) is 0 Å². The average molecular weight is 435 g/mol. The van der Waals surface area contributed by atoms with Gasteiger partial charge in [0.1, 0.15) is 11.4 Å². The van der Waals surface area contributed by atoms with Gasteiger partial charge in [-0.1, -0.05) is 12.1 Å². The fourth-order valence-corrected chi connectivity index (χ4v) is 6.72. The van der Waals surface area contributed by atoms with E-state index >= 15 is 0 Å². The molecule has 2 atom stereocenters. The zero-order chi connectivity index (χ0) is 21.6. The van der Waals surface area contributed by atoms with E-state index in [1.165, 1.54) is 4.90 Å². The van der Waals surface area contributed by atoms with Crippen molar-refractivity contribution in [1.82, 2.24) is 10.2 Å². The second-order valence-corrected chi connectivity index (χ2v) is 11.1. The van der Waals surface area contributed by atoms with Crippen molar-refractivity contribution in [3.8, 4) is 5.75 Å². The zero-order valence-electron chi connectivity index (χ0n) is 17.0. The molecule has 30 heavy (non-hydrogen) atoms. The number of hydrogen-bond acceptors (Lipinski definition) is 6. The maximum atomic E-state index is 12.6. The highest BCUT2D eigenvalue weighted by molar-refractivity contribution is 7.91. The third-order valence-corrected chi connectivity index (χ3v) is 8.16. The highest BCUT2D eigenvalue weighted by Gasteiger charge is 2.44. The second-order valence-electron chi connectivity index (χ2n) is 8.90. The summed E-state index contributed by atoms with van der Waals surface area (Å²) in [6, 6.07) is 7.12. The van der Waals surface area contributed by atoms with Crippen molar-refractivity contribution in [2.24, 2.45) is 0 Å². The minimum Gasteiger partial charge on any atom is -0.486 e. The number of hydrogen-bond donors (Lipinski definition) is 1. The summed E-state index contributed by atoms with van der Waals surface area (Å²) < 4.78 is 29.7. The van der Waals surface area contributed by atoms with Gasteiger partial charge in [-0.2, -0.15) is 0 Å². The Kier molecular flexibility index (Phi) is 5.12. The number of ether oxygens (including phenoxy) is 1. The first kappa shape index (κ1) is 20.8. The fourth-order valence-electron chi connectivity index (χ4n) is 4.63. The van der Waals surface area contributed by atoms with Crippen LogP contribution in [0.3, 0.4) is 0 Å². The normalized spacial score (nSPS) is 30.5. The SMILES string of the molecule is C[C@@]1(NC(=O)CN2CC[C@@]3(CCC2=O)CC(=O)c2ccccc2O3)CCS(=O)(=O)C1. The molecule has 3 heterocycles. The van der Waals surface area contributed by atoms with Crippen LogP contribution in [0.5, 0.6) is 5.75 Å². The molecule has 0 aliphatic carbocycles. The Morgan fingerprint density at radius 2 is 1.97 bits per heavy atom. The molecule has 0 saturated carbocycles. The maximum Gasteiger partial charge on any atom is 0.240 e. The van der Waals surface area contributed by atoms with Crippen LogP contribution in [-0.2, 0) is 19.4 Å². The molecule has 2 fully saturated rings. The standard InChI is InChI=1S/C21H26N2O6S/c1-20(9-11-30(27,28)14-20)22-18(25)13-23-10-8-21(7-6-19(23)26)12-16(24)15-4-2-3-5-17(15)29-21/h2-5H,6-14H2,1H3,(H,22,25)/t20-,21+/m1/s1. The summed E-state index contributed by atoms with van der Waals surface area (Å²) in [6.45, 7) is 1.89. The first-order valence-electron chi connectivity index (χ1n) is 10.2. The second kappa shape index (κ2) is 7.37. The lowest BCUT2D eigenvalue weighted by Gasteiger charge is -2.37. The monoisotopic (exact) mass is 434 g/mol. The molecule has 1 aromatic carbocycles. The molecule has 0 bridgehead atoms. The van der Waals surface area contributed by atoms with Gasteiger partial charge in [0.25, 0.3) is 0 Å². The Hall–Kier alpha value is -2.42. The van der Waals surface area contributed by atoms with Crippen molar-refractivity contribution in [3.63, 3.8) is 0 Å². The number of carbonyl (C=O) groups is 3. The lowest BCUT2D eigenvalue weighted by Crippen LogP contribution is -2.51. The smallest absolute Gasteiger partial charge is 0.240 e. The number of sulfone groups is 1. The molecular weight excluding hydrogens is 408 g/mol. The van der Waals surface area contributed by atoms with E-state index in [4.69, 9.17) is 4.74 Å². The Balaban J connectivity index is 1.41. The summed E-state index contributed by atoms with van der Waals surface area (Å²) in [6.07, 6.45) is 1.65. The van der Waals surface area contributed by atoms with Crippen molar-refractivity contribution in [1.29, 1.82) is 0 Å². The highest BCUT2D eigenvalue weighted by atomic mass is 32.2. The van der Waals surface area contributed by atoms with Gasteiger partial charge in [0, 0.05) is 19.4 Å². The lowest BCUT2D eigenvalue weighted by molar-refractivity contribution is -0.136. The summed E-state index contributed by atoms with van der Waals surface area (Å²) >= 11 is 0. The molecule has 8 nitrogen and oxygen atoms in total. The van der Waals surface area contributed by atoms with Gasteiger partial charge >= 0.3 is 0 Å². The summed E-state index contributed by atoms with van der Waals surface area (Å²) in [5.41, 5.74) is -0.971. The summed E-state index contributed by atoms with van der Waals surface area (Å²) in [5, 5.41) is 2.79. The number of rotatable bonds is 3. The van der Waals surface area contributed by atoms with E-state index in [9.17, 15) is 22.8 Å². The molecule has 2 amide bonds. The zero-order valence-corrected chi connectivity index (χ0v) is 17.8. The first-order chi connectivity index (χ1) is 14.1. The molecule has 1 N–H and O–H groups in total. The van der Waals surface area contributed by atoms with Crippen LogP contribution in [0, 0.1) is 0 Å². The van der Waals surface area contributed by atoms with Crippen LogP contribution in [0.2, 0.25) is 0 Å². The molecule has 9 heteroatoms. The molecule has 4 rings (SSSR count). The van der Waals surface area contributed by atoms with Crippen LogP contribution < -0.4 is 10.1 Å². The maximum absolute atomic E-state index is 12.6. The van der Waals surface area contributed by atoms with Crippen LogP contribution in [0.15, 0.2) is 24.3 Å². The number of Topliss-reactive ketones (excluding diaryl/α,β-unsaturated/α-hetero) is 1. The van der Waals surface area contributed by atoms with Gasteiger partial charge in [0.15, 0.2) is 15.6 Å². The molecule has 0 aromatic heterocycles. The first-order valence-corrected chi connectivity index (χ1v) is 12.0. The number of para-hydroxylation sites is 1. The van der Waals surface area contributed by atoms with Crippen molar-refractivity contribution < 1.29 is 27.5 Å². The van der Waals surface area contributed by atoms with E-state index < -0.39 is 21.0 Å². The van der Waals surface area contributed by atoms with Crippen LogP contribution >= 0.6 is 0 Å². The van der Waals surface area contributed by atoms with Gasteiger partial charge in [-0.25, -0.2) is 8.42 Å². The number of nitrogens with zero attached hydrogens (tertiary/aromatic N) is 1. The van der Waals surface area contributed by atoms with Gasteiger partial charge in [-0.15, -0.1) is 0 Å². The molecule has 3 aliphatic heterocycles. The van der Waals surface area contributed by atoms with Gasteiger partial charge in [0.05, 0.1) is 35.6 Å². The molecule has 0 unspecified atom stereocenters. The Morgan fingerprint density at radius 1 is 1.20 bits per heavy atom. The number of amides is 2. The Labute approximate surface area is 175 Å². The topological polar surface area (TPSA) is 110 Å². The van der Waals surface area contributed by atoms with Gasteiger partial charge < -0.3 is 15.0 Å².